The average Bonchev–Trinajstić information content (AvgIpc) is 3.25. The van der Waals surface area contributed by atoms with E-state index >= 15 is 0 Å². The third-order valence-corrected chi connectivity index (χ3v) is 5.31. The van der Waals surface area contributed by atoms with E-state index < -0.39 is 0 Å². The Morgan fingerprint density at radius 2 is 2.09 bits per heavy atom. The SMILES string of the molecule is CCCCc1nc(-n2cccc2)sc1C(=O)Nc1nc(C)cs1. The van der Waals surface area contributed by atoms with E-state index in [9.17, 15) is 4.79 Å². The van der Waals surface area contributed by atoms with Crippen molar-refractivity contribution in [3.8, 4) is 5.13 Å². The molecule has 0 aliphatic rings. The first-order valence-electron chi connectivity index (χ1n) is 7.54. The van der Waals surface area contributed by atoms with Crippen molar-refractivity contribution < 1.29 is 4.79 Å². The van der Waals surface area contributed by atoms with Crippen LogP contribution in [-0.4, -0.2) is 20.4 Å². The Labute approximate surface area is 143 Å². The van der Waals surface area contributed by atoms with Gasteiger partial charge < -0.3 is 4.57 Å². The molecule has 3 aromatic rings. The maximum atomic E-state index is 12.6. The van der Waals surface area contributed by atoms with E-state index in [0.717, 1.165) is 35.8 Å². The van der Waals surface area contributed by atoms with Gasteiger partial charge in [0, 0.05) is 17.8 Å². The highest BCUT2D eigenvalue weighted by atomic mass is 32.1. The number of aromatic nitrogens is 3. The number of hydrogen-bond acceptors (Lipinski definition) is 5. The van der Waals surface area contributed by atoms with Gasteiger partial charge in [0.25, 0.3) is 5.91 Å². The molecule has 120 valence electrons. The van der Waals surface area contributed by atoms with E-state index in [-0.39, 0.29) is 5.91 Å². The number of hydrogen-bond donors (Lipinski definition) is 1. The zero-order chi connectivity index (χ0) is 16.2. The van der Waals surface area contributed by atoms with E-state index in [1.54, 1.807) is 0 Å². The molecule has 0 aliphatic heterocycles. The number of anilines is 1. The van der Waals surface area contributed by atoms with Gasteiger partial charge in [0.05, 0.1) is 11.4 Å². The van der Waals surface area contributed by atoms with Crippen molar-refractivity contribution in [2.24, 2.45) is 0 Å². The van der Waals surface area contributed by atoms with Crippen LogP contribution in [0, 0.1) is 6.92 Å². The van der Waals surface area contributed by atoms with Crippen molar-refractivity contribution in [2.75, 3.05) is 5.32 Å². The van der Waals surface area contributed by atoms with Crippen molar-refractivity contribution in [1.82, 2.24) is 14.5 Å². The number of carbonyl (C=O) groups excluding carboxylic acids is 1. The zero-order valence-electron chi connectivity index (χ0n) is 13.1. The van der Waals surface area contributed by atoms with Gasteiger partial charge in [0.2, 0.25) is 0 Å². The topological polar surface area (TPSA) is 59.8 Å². The maximum Gasteiger partial charge on any atom is 0.269 e. The molecule has 3 rings (SSSR count). The predicted octanol–water partition coefficient (Wildman–Crippen LogP) is 4.29. The van der Waals surface area contributed by atoms with Crippen molar-refractivity contribution in [3.63, 3.8) is 0 Å². The highest BCUT2D eigenvalue weighted by molar-refractivity contribution is 7.16. The third kappa shape index (κ3) is 3.68. The zero-order valence-corrected chi connectivity index (χ0v) is 14.7. The standard InChI is InChI=1S/C16H18N4OS2/c1-3-4-7-12-13(14(21)19-15-17-11(2)10-22-15)23-16(18-12)20-8-5-6-9-20/h5-6,8-10H,3-4,7H2,1-2H3,(H,17,19,21). The predicted molar refractivity (Wildman–Crippen MR) is 94.9 cm³/mol. The van der Waals surface area contributed by atoms with Gasteiger partial charge in [-0.2, -0.15) is 0 Å². The summed E-state index contributed by atoms with van der Waals surface area (Å²) in [6.07, 6.45) is 6.78. The van der Waals surface area contributed by atoms with Crippen LogP contribution >= 0.6 is 22.7 Å². The number of amides is 1. The first-order valence-corrected chi connectivity index (χ1v) is 9.23. The van der Waals surface area contributed by atoms with E-state index in [1.165, 1.54) is 22.7 Å². The van der Waals surface area contributed by atoms with E-state index in [1.807, 2.05) is 41.4 Å². The van der Waals surface area contributed by atoms with Gasteiger partial charge in [-0.1, -0.05) is 24.7 Å². The molecule has 1 amide bonds. The van der Waals surface area contributed by atoms with E-state index in [2.05, 4.69) is 22.2 Å². The molecule has 0 aromatic carbocycles. The minimum absolute atomic E-state index is 0.124. The van der Waals surface area contributed by atoms with E-state index in [4.69, 9.17) is 0 Å². The van der Waals surface area contributed by atoms with Gasteiger partial charge in [-0.15, -0.1) is 11.3 Å². The Bertz CT molecular complexity index is 789. The number of carbonyl (C=O) groups is 1. The minimum atomic E-state index is -0.124. The number of unbranched alkanes of at least 4 members (excludes halogenated alkanes) is 1. The fraction of sp³-hybridized carbons (Fsp3) is 0.312. The molecule has 3 aromatic heterocycles. The molecule has 0 radical (unpaired) electrons. The maximum absolute atomic E-state index is 12.6. The smallest absolute Gasteiger partial charge is 0.269 e. The highest BCUT2D eigenvalue weighted by Gasteiger charge is 2.19. The van der Waals surface area contributed by atoms with Crippen LogP contribution in [0.4, 0.5) is 5.13 Å². The Balaban J connectivity index is 1.87. The molecule has 0 unspecified atom stereocenters. The summed E-state index contributed by atoms with van der Waals surface area (Å²) in [5.41, 5.74) is 1.78. The van der Waals surface area contributed by atoms with Gasteiger partial charge >= 0.3 is 0 Å². The minimum Gasteiger partial charge on any atom is -0.300 e. The molecular weight excluding hydrogens is 328 g/mol. The molecule has 0 atom stereocenters. The first-order chi connectivity index (χ1) is 11.2. The molecule has 0 saturated heterocycles. The molecular formula is C16H18N4OS2. The second-order valence-electron chi connectivity index (χ2n) is 5.21. The van der Waals surface area contributed by atoms with Gasteiger partial charge in [-0.05, 0) is 31.9 Å². The number of nitrogens with one attached hydrogen (secondary N) is 1. The Morgan fingerprint density at radius 3 is 2.74 bits per heavy atom. The van der Waals surface area contributed by atoms with Crippen LogP contribution in [0.1, 0.15) is 40.8 Å². The monoisotopic (exact) mass is 346 g/mol. The second-order valence-corrected chi connectivity index (χ2v) is 7.05. The summed E-state index contributed by atoms with van der Waals surface area (Å²) in [6.45, 7) is 4.05. The quantitative estimate of drug-likeness (QED) is 0.724. The number of thiazole rings is 2. The average molecular weight is 346 g/mol. The van der Waals surface area contributed by atoms with Crippen LogP contribution in [0.25, 0.3) is 5.13 Å². The van der Waals surface area contributed by atoms with Gasteiger partial charge in [-0.25, -0.2) is 9.97 Å². The number of nitrogens with zero attached hydrogens (tertiary/aromatic N) is 3. The molecule has 1 N–H and O–H groups in total. The molecule has 0 bridgehead atoms. The van der Waals surface area contributed by atoms with Crippen molar-refractivity contribution in [3.05, 3.63) is 46.2 Å². The fourth-order valence-electron chi connectivity index (χ4n) is 2.17. The molecule has 0 spiro atoms. The summed E-state index contributed by atoms with van der Waals surface area (Å²) >= 11 is 2.86. The highest BCUT2D eigenvalue weighted by Crippen LogP contribution is 2.25. The number of rotatable bonds is 6. The third-order valence-electron chi connectivity index (χ3n) is 3.32. The lowest BCUT2D eigenvalue weighted by molar-refractivity contribution is 0.102. The van der Waals surface area contributed by atoms with Crippen LogP contribution in [0.15, 0.2) is 29.9 Å². The largest absolute Gasteiger partial charge is 0.300 e. The molecule has 0 fully saturated rings. The summed E-state index contributed by atoms with van der Waals surface area (Å²) in [5, 5.41) is 6.26. The summed E-state index contributed by atoms with van der Waals surface area (Å²) in [7, 11) is 0. The summed E-state index contributed by atoms with van der Waals surface area (Å²) in [6, 6.07) is 3.90. The Kier molecular flexibility index (Phi) is 4.88. The lowest BCUT2D eigenvalue weighted by Gasteiger charge is -2.01. The van der Waals surface area contributed by atoms with Crippen molar-refractivity contribution in [1.29, 1.82) is 0 Å². The number of aryl methyl sites for hydroxylation is 2. The second kappa shape index (κ2) is 7.06. The van der Waals surface area contributed by atoms with Crippen LogP contribution in [0.2, 0.25) is 0 Å². The molecule has 3 heterocycles. The van der Waals surface area contributed by atoms with Gasteiger partial charge in [0.15, 0.2) is 10.3 Å². The van der Waals surface area contributed by atoms with Gasteiger partial charge in [0.1, 0.15) is 4.88 Å². The lowest BCUT2D eigenvalue weighted by atomic mass is 10.2. The summed E-state index contributed by atoms with van der Waals surface area (Å²) < 4.78 is 1.93. The van der Waals surface area contributed by atoms with Gasteiger partial charge in [-0.3, -0.25) is 10.1 Å². The summed E-state index contributed by atoms with van der Waals surface area (Å²) in [5.74, 6) is -0.124. The summed E-state index contributed by atoms with van der Waals surface area (Å²) in [4.78, 5) is 22.2. The van der Waals surface area contributed by atoms with Crippen LogP contribution in [0.5, 0.6) is 0 Å². The first kappa shape index (κ1) is 15.9. The van der Waals surface area contributed by atoms with Crippen LogP contribution in [-0.2, 0) is 6.42 Å². The Morgan fingerprint density at radius 1 is 1.30 bits per heavy atom. The van der Waals surface area contributed by atoms with Crippen molar-refractivity contribution >= 4 is 33.7 Å². The molecule has 0 aliphatic carbocycles. The van der Waals surface area contributed by atoms with Crippen LogP contribution < -0.4 is 5.32 Å². The normalized spacial score (nSPS) is 10.9. The van der Waals surface area contributed by atoms with E-state index in [0.29, 0.717) is 10.0 Å². The molecule has 5 nitrogen and oxygen atoms in total. The molecule has 7 heteroatoms. The lowest BCUT2D eigenvalue weighted by Crippen LogP contribution is -2.12. The molecule has 0 saturated carbocycles. The fourth-order valence-corrected chi connectivity index (χ4v) is 3.83. The van der Waals surface area contributed by atoms with Crippen molar-refractivity contribution in [2.45, 2.75) is 33.1 Å². The van der Waals surface area contributed by atoms with Crippen LogP contribution in [0.3, 0.4) is 0 Å². The molecule has 23 heavy (non-hydrogen) atoms. The Hall–Kier alpha value is -1.99.